The van der Waals surface area contributed by atoms with Crippen molar-refractivity contribution >= 4 is 17.8 Å². The molecule has 0 aromatic heterocycles. The number of rotatable bonds is 5. The lowest BCUT2D eigenvalue weighted by molar-refractivity contribution is -0.142. The highest BCUT2D eigenvalue weighted by Gasteiger charge is 2.66. The number of carbonyl (C=O) groups is 3. The van der Waals surface area contributed by atoms with E-state index >= 15 is 0 Å². The van der Waals surface area contributed by atoms with Crippen molar-refractivity contribution in [3.8, 4) is 0 Å². The molecule has 0 unspecified atom stereocenters. The molecule has 0 aromatic rings. The van der Waals surface area contributed by atoms with E-state index in [2.05, 4.69) is 5.32 Å². The van der Waals surface area contributed by atoms with Crippen molar-refractivity contribution < 1.29 is 19.5 Å². The molecule has 2 N–H and O–H groups in total. The number of nitrogens with one attached hydrogen (secondary N) is 1. The summed E-state index contributed by atoms with van der Waals surface area (Å²) in [7, 11) is 3.13. The third kappa shape index (κ3) is 2.63. The molecule has 0 bridgehead atoms. The molecule has 1 rings (SSSR count). The number of hydrogen-bond donors (Lipinski definition) is 2. The van der Waals surface area contributed by atoms with Crippen molar-refractivity contribution in [2.45, 2.75) is 20.3 Å². The lowest BCUT2D eigenvalue weighted by Gasteiger charge is -2.17. The number of nitrogens with zero attached hydrogens (tertiary/aromatic N) is 1. The molecule has 1 aliphatic rings. The zero-order valence-corrected chi connectivity index (χ0v) is 11.2. The summed E-state index contributed by atoms with van der Waals surface area (Å²) in [5.41, 5.74) is -0.496. The van der Waals surface area contributed by atoms with Gasteiger partial charge in [-0.05, 0) is 5.41 Å². The summed E-state index contributed by atoms with van der Waals surface area (Å²) in [6, 6.07) is 0. The van der Waals surface area contributed by atoms with Gasteiger partial charge in [0, 0.05) is 27.1 Å². The van der Waals surface area contributed by atoms with Gasteiger partial charge >= 0.3 is 5.97 Å². The quantitative estimate of drug-likeness (QED) is 0.721. The fourth-order valence-corrected chi connectivity index (χ4v) is 2.30. The predicted molar refractivity (Wildman–Crippen MR) is 64.7 cm³/mol. The van der Waals surface area contributed by atoms with E-state index < -0.39 is 23.2 Å². The first kappa shape index (κ1) is 14.5. The fourth-order valence-electron chi connectivity index (χ4n) is 2.30. The lowest BCUT2D eigenvalue weighted by atomic mass is 10.1. The molecule has 2 atom stereocenters. The number of carboxylic acid groups (broad SMARTS) is 1. The second kappa shape index (κ2) is 4.96. The summed E-state index contributed by atoms with van der Waals surface area (Å²) in [5.74, 6) is -2.37. The average molecular weight is 256 g/mol. The summed E-state index contributed by atoms with van der Waals surface area (Å²) >= 11 is 0. The largest absolute Gasteiger partial charge is 0.481 e. The van der Waals surface area contributed by atoms with E-state index in [9.17, 15) is 14.4 Å². The van der Waals surface area contributed by atoms with Gasteiger partial charge in [-0.2, -0.15) is 0 Å². The van der Waals surface area contributed by atoms with Gasteiger partial charge in [-0.25, -0.2) is 0 Å². The molecule has 102 valence electrons. The molecule has 0 saturated heterocycles. The molecule has 6 nitrogen and oxygen atoms in total. The first-order chi connectivity index (χ1) is 8.23. The van der Waals surface area contributed by atoms with Crippen LogP contribution in [-0.4, -0.2) is 48.4 Å². The number of aliphatic carboxylic acids is 1. The maximum absolute atomic E-state index is 12.1. The number of amides is 2. The standard InChI is InChI=1S/C12H20N2O4/c1-12(2)8(9(12)11(17)18)10(16)14(4)6-5-7(15)13-3/h8-9H,5-6H2,1-4H3,(H,13,15)(H,17,18)/t8-,9+/m1/s1. The normalized spacial score (nSPS) is 24.2. The fraction of sp³-hybridized carbons (Fsp3) is 0.750. The van der Waals surface area contributed by atoms with E-state index in [4.69, 9.17) is 5.11 Å². The zero-order valence-electron chi connectivity index (χ0n) is 11.2. The second-order valence-electron chi connectivity index (χ2n) is 5.30. The summed E-state index contributed by atoms with van der Waals surface area (Å²) in [6.45, 7) is 3.86. The van der Waals surface area contributed by atoms with Crippen molar-refractivity contribution in [3.05, 3.63) is 0 Å². The van der Waals surface area contributed by atoms with Crippen LogP contribution in [0.2, 0.25) is 0 Å². The molecule has 1 saturated carbocycles. The summed E-state index contributed by atoms with van der Waals surface area (Å²) < 4.78 is 0. The SMILES string of the molecule is CNC(=O)CCN(C)C(=O)[C@H]1[C@@H](C(=O)O)C1(C)C. The Bertz CT molecular complexity index is 378. The Hall–Kier alpha value is -1.59. The molecule has 1 fully saturated rings. The van der Waals surface area contributed by atoms with E-state index in [0.717, 1.165) is 0 Å². The summed E-state index contributed by atoms with van der Waals surface area (Å²) in [4.78, 5) is 35.6. The van der Waals surface area contributed by atoms with Crippen molar-refractivity contribution in [3.63, 3.8) is 0 Å². The monoisotopic (exact) mass is 256 g/mol. The third-order valence-electron chi connectivity index (χ3n) is 3.69. The van der Waals surface area contributed by atoms with Crippen LogP contribution in [0.5, 0.6) is 0 Å². The van der Waals surface area contributed by atoms with Crippen LogP contribution >= 0.6 is 0 Å². The smallest absolute Gasteiger partial charge is 0.307 e. The highest BCUT2D eigenvalue weighted by molar-refractivity contribution is 5.91. The molecule has 0 aromatic carbocycles. The molecule has 0 radical (unpaired) electrons. The molecule has 0 aliphatic heterocycles. The van der Waals surface area contributed by atoms with Gasteiger partial charge in [-0.1, -0.05) is 13.8 Å². The minimum Gasteiger partial charge on any atom is -0.481 e. The van der Waals surface area contributed by atoms with Crippen LogP contribution in [0.1, 0.15) is 20.3 Å². The van der Waals surface area contributed by atoms with Crippen LogP contribution in [0.25, 0.3) is 0 Å². The predicted octanol–water partition coefficient (Wildman–Crippen LogP) is -0.0623. The van der Waals surface area contributed by atoms with Gasteiger partial charge < -0.3 is 15.3 Å². The molecular weight excluding hydrogens is 236 g/mol. The molecule has 2 amide bonds. The number of carbonyl (C=O) groups excluding carboxylic acids is 2. The minimum absolute atomic E-state index is 0.139. The Balaban J connectivity index is 2.56. The Morgan fingerprint density at radius 2 is 1.83 bits per heavy atom. The molecule has 0 spiro atoms. The number of carboxylic acids is 1. The van der Waals surface area contributed by atoms with Gasteiger partial charge in [0.05, 0.1) is 11.8 Å². The van der Waals surface area contributed by atoms with E-state index in [1.54, 1.807) is 20.9 Å². The van der Waals surface area contributed by atoms with E-state index in [1.165, 1.54) is 11.9 Å². The van der Waals surface area contributed by atoms with Crippen molar-refractivity contribution in [2.24, 2.45) is 17.3 Å². The zero-order chi connectivity index (χ0) is 14.1. The molecule has 1 aliphatic carbocycles. The van der Waals surface area contributed by atoms with Gasteiger partial charge in [0.1, 0.15) is 0 Å². The van der Waals surface area contributed by atoms with Crippen LogP contribution in [0.3, 0.4) is 0 Å². The number of hydrogen-bond acceptors (Lipinski definition) is 3. The first-order valence-electron chi connectivity index (χ1n) is 5.91. The Kier molecular flexibility index (Phi) is 3.98. The van der Waals surface area contributed by atoms with E-state index in [1.807, 2.05) is 0 Å². The first-order valence-corrected chi connectivity index (χ1v) is 5.91. The van der Waals surface area contributed by atoms with Crippen LogP contribution in [-0.2, 0) is 14.4 Å². The van der Waals surface area contributed by atoms with Gasteiger partial charge in [0.25, 0.3) is 0 Å². The topological polar surface area (TPSA) is 86.7 Å². The van der Waals surface area contributed by atoms with Gasteiger partial charge in [-0.3, -0.25) is 14.4 Å². The van der Waals surface area contributed by atoms with E-state index in [-0.39, 0.29) is 18.2 Å². The van der Waals surface area contributed by atoms with Crippen LogP contribution < -0.4 is 5.32 Å². The van der Waals surface area contributed by atoms with Gasteiger partial charge in [-0.15, -0.1) is 0 Å². The summed E-state index contributed by atoms with van der Waals surface area (Å²) in [6.07, 6.45) is 0.226. The lowest BCUT2D eigenvalue weighted by Crippen LogP contribution is -2.33. The maximum atomic E-state index is 12.1. The Morgan fingerprint density at radius 1 is 1.28 bits per heavy atom. The van der Waals surface area contributed by atoms with Gasteiger partial charge in [0.2, 0.25) is 11.8 Å². The van der Waals surface area contributed by atoms with Crippen molar-refractivity contribution in [1.82, 2.24) is 10.2 Å². The molecular formula is C12H20N2O4. The van der Waals surface area contributed by atoms with Crippen molar-refractivity contribution in [1.29, 1.82) is 0 Å². The molecule has 6 heteroatoms. The average Bonchev–Trinajstić information content (AvgIpc) is 2.87. The summed E-state index contributed by atoms with van der Waals surface area (Å²) in [5, 5.41) is 11.5. The van der Waals surface area contributed by atoms with Crippen molar-refractivity contribution in [2.75, 3.05) is 20.6 Å². The second-order valence-corrected chi connectivity index (χ2v) is 5.30. The molecule has 18 heavy (non-hydrogen) atoms. The Morgan fingerprint density at radius 3 is 2.22 bits per heavy atom. The Labute approximate surface area is 106 Å². The van der Waals surface area contributed by atoms with Crippen LogP contribution in [0, 0.1) is 17.3 Å². The third-order valence-corrected chi connectivity index (χ3v) is 3.69. The molecule has 0 heterocycles. The van der Waals surface area contributed by atoms with Gasteiger partial charge in [0.15, 0.2) is 0 Å². The highest BCUT2D eigenvalue weighted by Crippen LogP contribution is 2.58. The van der Waals surface area contributed by atoms with E-state index in [0.29, 0.717) is 6.54 Å². The highest BCUT2D eigenvalue weighted by atomic mass is 16.4. The van der Waals surface area contributed by atoms with Crippen LogP contribution in [0.4, 0.5) is 0 Å². The maximum Gasteiger partial charge on any atom is 0.307 e. The minimum atomic E-state index is -0.932. The van der Waals surface area contributed by atoms with Crippen LogP contribution in [0.15, 0.2) is 0 Å².